The molecule has 0 saturated heterocycles. The fourth-order valence-corrected chi connectivity index (χ4v) is 2.41. The summed E-state index contributed by atoms with van der Waals surface area (Å²) < 4.78 is 3.75. The average Bonchev–Trinajstić information content (AvgIpc) is 2.75. The molecule has 0 aliphatic rings. The molecule has 0 aliphatic carbocycles. The third-order valence-electron chi connectivity index (χ3n) is 1.85. The lowest BCUT2D eigenvalue weighted by Gasteiger charge is -1.94. The van der Waals surface area contributed by atoms with Crippen LogP contribution in [0.3, 0.4) is 0 Å². The summed E-state index contributed by atoms with van der Waals surface area (Å²) in [5.74, 6) is 0.107. The van der Waals surface area contributed by atoms with Gasteiger partial charge in [0.25, 0.3) is 0 Å². The van der Waals surface area contributed by atoms with Crippen LogP contribution >= 0.6 is 22.9 Å². The minimum absolute atomic E-state index is 0.107. The second-order valence-corrected chi connectivity index (χ2v) is 4.45. The lowest BCUT2D eigenvalue weighted by atomic mass is 10.1. The van der Waals surface area contributed by atoms with E-state index in [-0.39, 0.29) is 5.78 Å². The van der Waals surface area contributed by atoms with E-state index in [1.165, 1.54) is 11.5 Å². The van der Waals surface area contributed by atoms with Gasteiger partial charge in [-0.15, -0.1) is 5.10 Å². The molecule has 5 heteroatoms. The number of Topliss-reactive ketones (excluding diaryl/α,β-unsaturated/α-hetero) is 1. The Hall–Kier alpha value is -1.07. The van der Waals surface area contributed by atoms with E-state index < -0.39 is 0 Å². The monoisotopic (exact) mass is 224 g/mol. The SMILES string of the molecule is Cc1nnsc1C(=O)Cc1ccsc1. The third-order valence-corrected chi connectivity index (χ3v) is 3.45. The van der Waals surface area contributed by atoms with Crippen LogP contribution in [0.15, 0.2) is 16.8 Å². The molecule has 0 radical (unpaired) electrons. The fourth-order valence-electron chi connectivity index (χ4n) is 1.15. The summed E-state index contributed by atoms with van der Waals surface area (Å²) in [4.78, 5) is 12.4. The van der Waals surface area contributed by atoms with Crippen LogP contribution in [-0.2, 0) is 6.42 Å². The molecule has 0 spiro atoms. The van der Waals surface area contributed by atoms with Crippen molar-refractivity contribution in [3.8, 4) is 0 Å². The minimum atomic E-state index is 0.107. The molecule has 72 valence electrons. The van der Waals surface area contributed by atoms with Gasteiger partial charge in [0, 0.05) is 6.42 Å². The zero-order valence-electron chi connectivity index (χ0n) is 7.56. The van der Waals surface area contributed by atoms with Crippen LogP contribution in [0, 0.1) is 6.92 Å². The van der Waals surface area contributed by atoms with Gasteiger partial charge in [-0.3, -0.25) is 4.79 Å². The van der Waals surface area contributed by atoms with Crippen LogP contribution in [0.25, 0.3) is 0 Å². The van der Waals surface area contributed by atoms with Gasteiger partial charge in [0.15, 0.2) is 5.78 Å². The molecule has 3 nitrogen and oxygen atoms in total. The molecule has 0 amide bonds. The zero-order chi connectivity index (χ0) is 9.97. The summed E-state index contributed by atoms with van der Waals surface area (Å²) in [6, 6.07) is 1.96. The van der Waals surface area contributed by atoms with E-state index in [1.54, 1.807) is 11.3 Å². The van der Waals surface area contributed by atoms with Gasteiger partial charge < -0.3 is 0 Å². The highest BCUT2D eigenvalue weighted by Crippen LogP contribution is 2.14. The molecule has 0 bridgehead atoms. The number of ketones is 1. The second-order valence-electron chi connectivity index (χ2n) is 2.92. The predicted octanol–water partition coefficient (Wildman–Crippen LogP) is 2.33. The molecule has 2 rings (SSSR count). The van der Waals surface area contributed by atoms with E-state index in [9.17, 15) is 4.79 Å². The number of carbonyl (C=O) groups is 1. The summed E-state index contributed by atoms with van der Waals surface area (Å²) in [5, 5.41) is 7.78. The smallest absolute Gasteiger partial charge is 0.180 e. The Morgan fingerprint density at radius 3 is 3.00 bits per heavy atom. The van der Waals surface area contributed by atoms with E-state index >= 15 is 0 Å². The largest absolute Gasteiger partial charge is 0.293 e. The first kappa shape index (κ1) is 9.48. The number of aromatic nitrogens is 2. The first-order chi connectivity index (χ1) is 6.77. The van der Waals surface area contributed by atoms with Crippen molar-refractivity contribution in [1.29, 1.82) is 0 Å². The van der Waals surface area contributed by atoms with Crippen molar-refractivity contribution in [2.45, 2.75) is 13.3 Å². The van der Waals surface area contributed by atoms with Crippen LogP contribution < -0.4 is 0 Å². The zero-order valence-corrected chi connectivity index (χ0v) is 9.19. The van der Waals surface area contributed by atoms with Gasteiger partial charge >= 0.3 is 0 Å². The number of nitrogens with zero attached hydrogens (tertiary/aromatic N) is 2. The molecule has 0 aliphatic heterocycles. The molecular formula is C9H8N2OS2. The highest BCUT2D eigenvalue weighted by Gasteiger charge is 2.13. The van der Waals surface area contributed by atoms with Crippen molar-refractivity contribution < 1.29 is 4.79 Å². The Balaban J connectivity index is 2.14. The number of aryl methyl sites for hydroxylation is 1. The molecular weight excluding hydrogens is 216 g/mol. The molecule has 0 fully saturated rings. The molecule has 0 N–H and O–H groups in total. The van der Waals surface area contributed by atoms with E-state index in [4.69, 9.17) is 0 Å². The Morgan fingerprint density at radius 2 is 2.43 bits per heavy atom. The Bertz CT molecular complexity index is 433. The molecule has 14 heavy (non-hydrogen) atoms. The lowest BCUT2D eigenvalue weighted by molar-refractivity contribution is 0.0996. The van der Waals surface area contributed by atoms with Crippen molar-refractivity contribution in [3.05, 3.63) is 33.0 Å². The van der Waals surface area contributed by atoms with E-state index in [0.717, 1.165) is 11.3 Å². The summed E-state index contributed by atoms with van der Waals surface area (Å²) in [7, 11) is 0. The highest BCUT2D eigenvalue weighted by atomic mass is 32.1. The maximum absolute atomic E-state index is 11.7. The highest BCUT2D eigenvalue weighted by molar-refractivity contribution is 7.08. The quantitative estimate of drug-likeness (QED) is 0.751. The number of thiophene rings is 1. The second kappa shape index (κ2) is 3.98. The van der Waals surface area contributed by atoms with Gasteiger partial charge in [0.1, 0.15) is 4.88 Å². The molecule has 2 aromatic heterocycles. The fraction of sp³-hybridized carbons (Fsp3) is 0.222. The molecule has 0 saturated carbocycles. The Labute approximate surface area is 89.6 Å². The Kier molecular flexibility index (Phi) is 2.69. The number of carbonyl (C=O) groups excluding carboxylic acids is 1. The van der Waals surface area contributed by atoms with Gasteiger partial charge in [0.2, 0.25) is 0 Å². The van der Waals surface area contributed by atoms with Gasteiger partial charge in [0.05, 0.1) is 5.69 Å². The normalized spacial score (nSPS) is 10.4. The van der Waals surface area contributed by atoms with Crippen molar-refractivity contribution in [2.75, 3.05) is 0 Å². The number of hydrogen-bond acceptors (Lipinski definition) is 5. The summed E-state index contributed by atoms with van der Waals surface area (Å²) in [6.07, 6.45) is 0.453. The molecule has 0 aromatic carbocycles. The number of hydrogen-bond donors (Lipinski definition) is 0. The van der Waals surface area contributed by atoms with Crippen molar-refractivity contribution >= 4 is 28.7 Å². The van der Waals surface area contributed by atoms with Crippen molar-refractivity contribution in [3.63, 3.8) is 0 Å². The van der Waals surface area contributed by atoms with Crippen LogP contribution in [0.1, 0.15) is 20.9 Å². The maximum Gasteiger partial charge on any atom is 0.180 e. The third kappa shape index (κ3) is 1.88. The predicted molar refractivity (Wildman–Crippen MR) is 57.0 cm³/mol. The lowest BCUT2D eigenvalue weighted by Crippen LogP contribution is -2.01. The van der Waals surface area contributed by atoms with Crippen LogP contribution in [0.4, 0.5) is 0 Å². The van der Waals surface area contributed by atoms with Crippen LogP contribution in [0.5, 0.6) is 0 Å². The molecule has 0 atom stereocenters. The van der Waals surface area contributed by atoms with E-state index in [2.05, 4.69) is 9.59 Å². The molecule has 2 heterocycles. The average molecular weight is 224 g/mol. The number of rotatable bonds is 3. The first-order valence-electron chi connectivity index (χ1n) is 4.10. The maximum atomic E-state index is 11.7. The minimum Gasteiger partial charge on any atom is -0.293 e. The summed E-state index contributed by atoms with van der Waals surface area (Å²) in [5.41, 5.74) is 1.79. The van der Waals surface area contributed by atoms with E-state index in [0.29, 0.717) is 11.3 Å². The van der Waals surface area contributed by atoms with Crippen LogP contribution in [0.2, 0.25) is 0 Å². The summed E-state index contributed by atoms with van der Waals surface area (Å²) in [6.45, 7) is 1.81. The first-order valence-corrected chi connectivity index (χ1v) is 5.82. The molecule has 2 aromatic rings. The van der Waals surface area contributed by atoms with Gasteiger partial charge in [-0.25, -0.2) is 0 Å². The van der Waals surface area contributed by atoms with Crippen LogP contribution in [-0.4, -0.2) is 15.4 Å². The summed E-state index contributed by atoms with van der Waals surface area (Å²) >= 11 is 2.78. The van der Waals surface area contributed by atoms with Crippen molar-refractivity contribution in [2.24, 2.45) is 0 Å². The Morgan fingerprint density at radius 1 is 1.57 bits per heavy atom. The van der Waals surface area contributed by atoms with Gasteiger partial charge in [-0.05, 0) is 40.8 Å². The molecule has 0 unspecified atom stereocenters. The standard InChI is InChI=1S/C9H8N2OS2/c1-6-9(14-11-10-6)8(12)4-7-2-3-13-5-7/h2-3,5H,4H2,1H3. The topological polar surface area (TPSA) is 42.9 Å². The van der Waals surface area contributed by atoms with Crippen molar-refractivity contribution in [1.82, 2.24) is 9.59 Å². The van der Waals surface area contributed by atoms with E-state index in [1.807, 2.05) is 23.8 Å². The van der Waals surface area contributed by atoms with Gasteiger partial charge in [-0.1, -0.05) is 4.49 Å². The van der Waals surface area contributed by atoms with Gasteiger partial charge in [-0.2, -0.15) is 11.3 Å².